The largest absolute Gasteiger partial charge is 0.310 e. The lowest BCUT2D eigenvalue weighted by Crippen LogP contribution is -2.23. The van der Waals surface area contributed by atoms with Gasteiger partial charge in [-0.15, -0.1) is 0 Å². The van der Waals surface area contributed by atoms with Gasteiger partial charge >= 0.3 is 0 Å². The minimum Gasteiger partial charge on any atom is -0.310 e. The van der Waals surface area contributed by atoms with Crippen molar-refractivity contribution < 1.29 is 0 Å². The highest BCUT2D eigenvalue weighted by Gasteiger charge is 2.21. The van der Waals surface area contributed by atoms with Crippen LogP contribution in [0.3, 0.4) is 0 Å². The molecule has 0 spiro atoms. The molecule has 1 saturated carbocycles. The third kappa shape index (κ3) is 3.73. The van der Waals surface area contributed by atoms with Crippen LogP contribution in [-0.4, -0.2) is 6.54 Å². The molecule has 0 amide bonds. The van der Waals surface area contributed by atoms with Crippen molar-refractivity contribution in [2.75, 3.05) is 6.54 Å². The summed E-state index contributed by atoms with van der Waals surface area (Å²) in [4.78, 5) is 0. The smallest absolute Gasteiger partial charge is 0.0411 e. The molecule has 0 saturated heterocycles. The highest BCUT2D eigenvalue weighted by Crippen LogP contribution is 2.33. The van der Waals surface area contributed by atoms with Crippen molar-refractivity contribution in [3.8, 4) is 0 Å². The molecule has 100 valence electrons. The number of halogens is 1. The molecule has 1 atom stereocenters. The van der Waals surface area contributed by atoms with Crippen LogP contribution in [-0.2, 0) is 0 Å². The third-order valence-electron chi connectivity index (χ3n) is 3.96. The summed E-state index contributed by atoms with van der Waals surface area (Å²) in [5.74, 6) is 0.897. The molecular weight excluding hydrogens is 242 g/mol. The zero-order chi connectivity index (χ0) is 13.0. The minimum absolute atomic E-state index is 0.468. The van der Waals surface area contributed by atoms with E-state index in [4.69, 9.17) is 11.6 Å². The zero-order valence-corrected chi connectivity index (χ0v) is 12.3. The number of hydrogen-bond donors (Lipinski definition) is 1. The number of rotatable bonds is 5. The van der Waals surface area contributed by atoms with Crippen LogP contribution in [0, 0.1) is 12.8 Å². The van der Waals surface area contributed by atoms with E-state index in [0.717, 1.165) is 17.5 Å². The van der Waals surface area contributed by atoms with Gasteiger partial charge in [0.1, 0.15) is 0 Å². The first-order valence-electron chi connectivity index (χ1n) is 7.19. The van der Waals surface area contributed by atoms with Crippen LogP contribution >= 0.6 is 11.6 Å². The second kappa shape index (κ2) is 6.58. The minimum atomic E-state index is 0.468. The Balaban J connectivity index is 2.11. The molecule has 0 bridgehead atoms. The number of nitrogens with one attached hydrogen (secondary N) is 1. The van der Waals surface area contributed by atoms with Gasteiger partial charge in [0, 0.05) is 11.1 Å². The number of benzene rings is 1. The van der Waals surface area contributed by atoms with E-state index in [0.29, 0.717) is 6.04 Å². The molecule has 1 fully saturated rings. The van der Waals surface area contributed by atoms with Gasteiger partial charge in [-0.3, -0.25) is 0 Å². The van der Waals surface area contributed by atoms with Crippen molar-refractivity contribution in [2.45, 2.75) is 52.0 Å². The maximum absolute atomic E-state index is 6.18. The SMILES string of the molecule is CCNC(CC1CCCC1)c1cc(C)cc(Cl)c1. The summed E-state index contributed by atoms with van der Waals surface area (Å²) in [5, 5.41) is 4.48. The fourth-order valence-electron chi connectivity index (χ4n) is 3.13. The predicted octanol–water partition coefficient (Wildman–Crippen LogP) is 4.88. The lowest BCUT2D eigenvalue weighted by Gasteiger charge is -2.22. The van der Waals surface area contributed by atoms with E-state index in [1.807, 2.05) is 6.07 Å². The van der Waals surface area contributed by atoms with E-state index in [-0.39, 0.29) is 0 Å². The van der Waals surface area contributed by atoms with E-state index in [2.05, 4.69) is 31.3 Å². The molecule has 1 aliphatic carbocycles. The molecule has 1 unspecified atom stereocenters. The summed E-state index contributed by atoms with van der Waals surface area (Å²) in [6.07, 6.45) is 6.90. The Hall–Kier alpha value is -0.530. The fraction of sp³-hybridized carbons (Fsp3) is 0.625. The molecule has 0 aromatic heterocycles. The number of hydrogen-bond acceptors (Lipinski definition) is 1. The van der Waals surface area contributed by atoms with Crippen LogP contribution in [0.4, 0.5) is 0 Å². The molecule has 1 nitrogen and oxygen atoms in total. The van der Waals surface area contributed by atoms with Crippen molar-refractivity contribution in [1.82, 2.24) is 5.32 Å². The molecule has 1 N–H and O–H groups in total. The van der Waals surface area contributed by atoms with Crippen molar-refractivity contribution in [2.24, 2.45) is 5.92 Å². The summed E-state index contributed by atoms with van der Waals surface area (Å²) in [5.41, 5.74) is 2.61. The van der Waals surface area contributed by atoms with Crippen molar-refractivity contribution in [3.63, 3.8) is 0 Å². The van der Waals surface area contributed by atoms with Gasteiger partial charge in [-0.05, 0) is 49.1 Å². The summed E-state index contributed by atoms with van der Waals surface area (Å²) >= 11 is 6.18. The summed E-state index contributed by atoms with van der Waals surface area (Å²) in [6.45, 7) is 5.32. The van der Waals surface area contributed by atoms with Gasteiger partial charge in [-0.1, -0.05) is 50.3 Å². The van der Waals surface area contributed by atoms with E-state index in [1.165, 1.54) is 43.2 Å². The molecule has 1 aromatic rings. The Morgan fingerprint density at radius 2 is 2.00 bits per heavy atom. The van der Waals surface area contributed by atoms with E-state index in [1.54, 1.807) is 0 Å². The highest BCUT2D eigenvalue weighted by atomic mass is 35.5. The maximum Gasteiger partial charge on any atom is 0.0411 e. The second-order valence-corrected chi connectivity index (χ2v) is 5.99. The maximum atomic E-state index is 6.18. The van der Waals surface area contributed by atoms with Crippen LogP contribution in [0.25, 0.3) is 0 Å². The molecule has 1 aromatic carbocycles. The number of aryl methyl sites for hydroxylation is 1. The quantitative estimate of drug-likeness (QED) is 0.800. The van der Waals surface area contributed by atoms with E-state index >= 15 is 0 Å². The zero-order valence-electron chi connectivity index (χ0n) is 11.5. The first-order valence-corrected chi connectivity index (χ1v) is 7.57. The predicted molar refractivity (Wildman–Crippen MR) is 79.2 cm³/mol. The Labute approximate surface area is 116 Å². The van der Waals surface area contributed by atoms with Gasteiger partial charge in [-0.2, -0.15) is 0 Å². The third-order valence-corrected chi connectivity index (χ3v) is 4.18. The van der Waals surface area contributed by atoms with Gasteiger partial charge in [0.15, 0.2) is 0 Å². The average Bonchev–Trinajstić information content (AvgIpc) is 2.80. The van der Waals surface area contributed by atoms with Gasteiger partial charge in [0.05, 0.1) is 0 Å². The van der Waals surface area contributed by atoms with Crippen molar-refractivity contribution >= 4 is 11.6 Å². The Morgan fingerprint density at radius 3 is 2.61 bits per heavy atom. The van der Waals surface area contributed by atoms with Crippen LogP contribution in [0.5, 0.6) is 0 Å². The molecule has 0 aliphatic heterocycles. The molecular formula is C16H24ClN. The van der Waals surface area contributed by atoms with Gasteiger partial charge in [0.25, 0.3) is 0 Å². The molecule has 1 aliphatic rings. The van der Waals surface area contributed by atoms with E-state index in [9.17, 15) is 0 Å². The van der Waals surface area contributed by atoms with Crippen LogP contribution in [0.1, 0.15) is 56.2 Å². The van der Waals surface area contributed by atoms with Crippen LogP contribution in [0.2, 0.25) is 5.02 Å². The normalized spacial score (nSPS) is 18.2. The monoisotopic (exact) mass is 265 g/mol. The highest BCUT2D eigenvalue weighted by molar-refractivity contribution is 6.30. The average molecular weight is 266 g/mol. The Kier molecular flexibility index (Phi) is 5.08. The van der Waals surface area contributed by atoms with Gasteiger partial charge in [0.2, 0.25) is 0 Å². The Bertz CT molecular complexity index is 362. The van der Waals surface area contributed by atoms with Crippen LogP contribution in [0.15, 0.2) is 18.2 Å². The molecule has 2 rings (SSSR count). The summed E-state index contributed by atoms with van der Waals surface area (Å²) in [7, 11) is 0. The molecule has 0 radical (unpaired) electrons. The lowest BCUT2D eigenvalue weighted by molar-refractivity contribution is 0.400. The summed E-state index contributed by atoms with van der Waals surface area (Å²) in [6, 6.07) is 6.89. The first-order chi connectivity index (χ1) is 8.69. The Morgan fingerprint density at radius 1 is 1.28 bits per heavy atom. The van der Waals surface area contributed by atoms with Crippen molar-refractivity contribution in [3.05, 3.63) is 34.3 Å². The summed E-state index contributed by atoms with van der Waals surface area (Å²) < 4.78 is 0. The standard InChI is InChI=1S/C16H24ClN/c1-3-18-16(10-13-6-4-5-7-13)14-8-12(2)9-15(17)11-14/h8-9,11,13,16,18H,3-7,10H2,1-2H3. The van der Waals surface area contributed by atoms with Crippen molar-refractivity contribution in [1.29, 1.82) is 0 Å². The van der Waals surface area contributed by atoms with Gasteiger partial charge < -0.3 is 5.32 Å². The first kappa shape index (κ1) is 13.9. The second-order valence-electron chi connectivity index (χ2n) is 5.56. The topological polar surface area (TPSA) is 12.0 Å². The van der Waals surface area contributed by atoms with E-state index < -0.39 is 0 Å². The van der Waals surface area contributed by atoms with Crippen LogP contribution < -0.4 is 5.32 Å². The molecule has 0 heterocycles. The fourth-order valence-corrected chi connectivity index (χ4v) is 3.43. The molecule has 18 heavy (non-hydrogen) atoms. The lowest BCUT2D eigenvalue weighted by atomic mass is 9.93. The van der Waals surface area contributed by atoms with Gasteiger partial charge in [-0.25, -0.2) is 0 Å². The molecule has 2 heteroatoms.